The zero-order valence-electron chi connectivity index (χ0n) is 14.8. The molecule has 1 aliphatic heterocycles. The number of halogens is 1. The molecule has 130 valence electrons. The summed E-state index contributed by atoms with van der Waals surface area (Å²) in [5.74, 6) is 1.68. The number of hydrogen-bond acceptors (Lipinski definition) is 4. The average Bonchev–Trinajstić information content (AvgIpc) is 3.00. The zero-order valence-corrected chi connectivity index (χ0v) is 16.4. The molecule has 3 nitrogen and oxygen atoms in total. The highest BCUT2D eigenvalue weighted by Gasteiger charge is 2.23. The van der Waals surface area contributed by atoms with Gasteiger partial charge < -0.3 is 4.90 Å². The van der Waals surface area contributed by atoms with Crippen LogP contribution in [-0.2, 0) is 0 Å². The minimum atomic E-state index is 0.342. The molecule has 4 rings (SSSR count). The lowest BCUT2D eigenvalue weighted by molar-refractivity contribution is 0.445. The van der Waals surface area contributed by atoms with Crippen molar-refractivity contribution in [2.24, 2.45) is 5.92 Å². The van der Waals surface area contributed by atoms with Crippen molar-refractivity contribution in [3.63, 3.8) is 0 Å². The Morgan fingerprint density at radius 2 is 2.04 bits per heavy atom. The van der Waals surface area contributed by atoms with E-state index in [2.05, 4.69) is 59.2 Å². The monoisotopic (exact) mass is 371 g/mol. The number of aryl methyl sites for hydroxylation is 2. The molecule has 2 aromatic heterocycles. The fraction of sp³-hybridized carbons (Fsp3) is 0.400. The Hall–Kier alpha value is -1.65. The third-order valence-corrected chi connectivity index (χ3v) is 6.20. The lowest BCUT2D eigenvalue weighted by atomic mass is 9.98. The number of rotatable bonds is 2. The van der Waals surface area contributed by atoms with Crippen LogP contribution in [0.25, 0.3) is 21.3 Å². The fourth-order valence-electron chi connectivity index (χ4n) is 3.63. The molecular formula is C20H22ClN3S. The summed E-state index contributed by atoms with van der Waals surface area (Å²) in [6.45, 7) is 8.69. The average molecular weight is 372 g/mol. The van der Waals surface area contributed by atoms with Gasteiger partial charge in [-0.05, 0) is 60.9 Å². The van der Waals surface area contributed by atoms with Gasteiger partial charge in [0.05, 0.1) is 5.39 Å². The minimum absolute atomic E-state index is 0.342. The highest BCUT2D eigenvalue weighted by atomic mass is 35.5. The lowest BCUT2D eigenvalue weighted by Gasteiger charge is -2.32. The molecule has 25 heavy (non-hydrogen) atoms. The van der Waals surface area contributed by atoms with Gasteiger partial charge in [-0.2, -0.15) is 4.98 Å². The van der Waals surface area contributed by atoms with Gasteiger partial charge in [0.1, 0.15) is 10.6 Å². The van der Waals surface area contributed by atoms with Crippen molar-refractivity contribution < 1.29 is 0 Å². The van der Waals surface area contributed by atoms with E-state index in [1.54, 1.807) is 11.3 Å². The second kappa shape index (κ2) is 6.58. The second-order valence-corrected chi connectivity index (χ2v) is 8.33. The molecule has 0 aliphatic carbocycles. The van der Waals surface area contributed by atoms with Crippen LogP contribution in [0.15, 0.2) is 23.6 Å². The summed E-state index contributed by atoms with van der Waals surface area (Å²) in [5, 5.41) is 3.68. The summed E-state index contributed by atoms with van der Waals surface area (Å²) < 4.78 is 0. The number of benzene rings is 1. The summed E-state index contributed by atoms with van der Waals surface area (Å²) in [6, 6.07) is 6.64. The van der Waals surface area contributed by atoms with Gasteiger partial charge in [0, 0.05) is 24.0 Å². The molecule has 0 radical (unpaired) electrons. The predicted octanol–water partition coefficient (Wildman–Crippen LogP) is 5.86. The highest BCUT2D eigenvalue weighted by molar-refractivity contribution is 7.17. The van der Waals surface area contributed by atoms with Crippen molar-refractivity contribution in [3.8, 4) is 11.1 Å². The zero-order chi connectivity index (χ0) is 17.6. The normalized spacial score (nSPS) is 18.1. The maximum absolute atomic E-state index is 6.24. The van der Waals surface area contributed by atoms with E-state index >= 15 is 0 Å². The number of fused-ring (bicyclic) bond motifs is 1. The first-order chi connectivity index (χ1) is 12.0. The third kappa shape index (κ3) is 3.13. The van der Waals surface area contributed by atoms with Crippen molar-refractivity contribution in [1.82, 2.24) is 9.97 Å². The number of hydrogen-bond donors (Lipinski definition) is 0. The molecule has 0 bridgehead atoms. The van der Waals surface area contributed by atoms with Gasteiger partial charge in [-0.25, -0.2) is 4.98 Å². The molecule has 1 aliphatic rings. The number of thiophene rings is 1. The van der Waals surface area contributed by atoms with Crippen LogP contribution in [0.1, 0.15) is 30.9 Å². The minimum Gasteiger partial charge on any atom is -0.356 e. The molecular weight excluding hydrogens is 350 g/mol. The van der Waals surface area contributed by atoms with Crippen molar-refractivity contribution in [2.45, 2.75) is 33.6 Å². The summed E-state index contributed by atoms with van der Waals surface area (Å²) in [7, 11) is 0. The van der Waals surface area contributed by atoms with Crippen molar-refractivity contribution >= 4 is 39.0 Å². The first-order valence-corrected chi connectivity index (χ1v) is 10.1. The molecule has 1 saturated heterocycles. The lowest BCUT2D eigenvalue weighted by Crippen LogP contribution is -2.35. The molecule has 1 aromatic carbocycles. The highest BCUT2D eigenvalue weighted by Crippen LogP contribution is 2.40. The summed E-state index contributed by atoms with van der Waals surface area (Å²) in [4.78, 5) is 12.5. The van der Waals surface area contributed by atoms with Crippen molar-refractivity contribution in [1.29, 1.82) is 0 Å². The first kappa shape index (κ1) is 16.8. The van der Waals surface area contributed by atoms with E-state index in [0.717, 1.165) is 29.1 Å². The van der Waals surface area contributed by atoms with Crippen LogP contribution in [0.4, 0.5) is 5.82 Å². The third-order valence-electron chi connectivity index (χ3n) is 5.16. The number of anilines is 1. The van der Waals surface area contributed by atoms with Gasteiger partial charge in [0.25, 0.3) is 0 Å². The molecule has 5 heteroatoms. The van der Waals surface area contributed by atoms with Gasteiger partial charge >= 0.3 is 0 Å². The van der Waals surface area contributed by atoms with E-state index in [9.17, 15) is 0 Å². The Labute approximate surface area is 157 Å². The molecule has 3 heterocycles. The van der Waals surface area contributed by atoms with Gasteiger partial charge in [0.2, 0.25) is 5.28 Å². The number of aromatic nitrogens is 2. The summed E-state index contributed by atoms with van der Waals surface area (Å²) in [5.41, 5.74) is 5.06. The van der Waals surface area contributed by atoms with Crippen LogP contribution >= 0.6 is 22.9 Å². The molecule has 0 saturated carbocycles. The van der Waals surface area contributed by atoms with Crippen LogP contribution in [0.2, 0.25) is 5.28 Å². The SMILES string of the molecule is Cc1ccc(-c2csc3nc(Cl)nc(N4CCCC(C)C4)c23)cc1C. The summed E-state index contributed by atoms with van der Waals surface area (Å²) >= 11 is 7.89. The van der Waals surface area contributed by atoms with E-state index in [-0.39, 0.29) is 0 Å². The van der Waals surface area contributed by atoms with E-state index < -0.39 is 0 Å². The number of piperidine rings is 1. The van der Waals surface area contributed by atoms with Gasteiger partial charge in [-0.1, -0.05) is 25.1 Å². The van der Waals surface area contributed by atoms with E-state index in [0.29, 0.717) is 11.2 Å². The predicted molar refractivity (Wildman–Crippen MR) is 108 cm³/mol. The van der Waals surface area contributed by atoms with E-state index in [4.69, 9.17) is 11.6 Å². The molecule has 1 atom stereocenters. The van der Waals surface area contributed by atoms with Gasteiger partial charge in [-0.3, -0.25) is 0 Å². The maximum atomic E-state index is 6.24. The van der Waals surface area contributed by atoms with Crippen LogP contribution in [-0.4, -0.2) is 23.1 Å². The molecule has 1 unspecified atom stereocenters. The Morgan fingerprint density at radius 1 is 1.20 bits per heavy atom. The Kier molecular flexibility index (Phi) is 4.42. The fourth-order valence-corrected chi connectivity index (χ4v) is 4.79. The van der Waals surface area contributed by atoms with Crippen LogP contribution in [0.3, 0.4) is 0 Å². The smallest absolute Gasteiger partial charge is 0.225 e. The Bertz CT molecular complexity index is 934. The Morgan fingerprint density at radius 3 is 2.80 bits per heavy atom. The van der Waals surface area contributed by atoms with Crippen molar-refractivity contribution in [3.05, 3.63) is 40.0 Å². The standard InChI is InChI=1S/C20H22ClN3S/c1-12-5-4-8-24(10-12)18-17-16(11-25-19(17)23-20(21)22-18)15-7-6-13(2)14(3)9-15/h6-7,9,11-12H,4-5,8,10H2,1-3H3. The Balaban J connectivity index is 1.90. The molecule has 1 fully saturated rings. The largest absolute Gasteiger partial charge is 0.356 e. The van der Waals surface area contributed by atoms with Gasteiger partial charge in [-0.15, -0.1) is 11.3 Å². The molecule has 3 aromatic rings. The van der Waals surface area contributed by atoms with Crippen molar-refractivity contribution in [2.75, 3.05) is 18.0 Å². The van der Waals surface area contributed by atoms with Gasteiger partial charge in [0.15, 0.2) is 0 Å². The topological polar surface area (TPSA) is 29.0 Å². The first-order valence-electron chi connectivity index (χ1n) is 8.80. The van der Waals surface area contributed by atoms with Crippen LogP contribution < -0.4 is 4.90 Å². The molecule has 0 spiro atoms. The summed E-state index contributed by atoms with van der Waals surface area (Å²) in [6.07, 6.45) is 2.49. The molecule has 0 N–H and O–H groups in total. The van der Waals surface area contributed by atoms with Crippen LogP contribution in [0.5, 0.6) is 0 Å². The maximum Gasteiger partial charge on any atom is 0.225 e. The van der Waals surface area contributed by atoms with E-state index in [1.165, 1.54) is 35.1 Å². The second-order valence-electron chi connectivity index (χ2n) is 7.14. The number of nitrogens with zero attached hydrogens (tertiary/aromatic N) is 3. The molecule has 0 amide bonds. The van der Waals surface area contributed by atoms with Crippen LogP contribution in [0, 0.1) is 19.8 Å². The quantitative estimate of drug-likeness (QED) is 0.528. The van der Waals surface area contributed by atoms with E-state index in [1.807, 2.05) is 0 Å².